The third-order valence-corrected chi connectivity index (χ3v) is 3.60. The summed E-state index contributed by atoms with van der Waals surface area (Å²) in [6.45, 7) is 7.42. The van der Waals surface area contributed by atoms with Gasteiger partial charge in [0.15, 0.2) is 4.77 Å². The SMILES string of the molecule is CCC(C)(C)Cn1c(=S)[nH]c2cc(F)ccc21. The third kappa shape index (κ3) is 2.41. The van der Waals surface area contributed by atoms with Crippen LogP contribution in [0.25, 0.3) is 11.0 Å². The fourth-order valence-electron chi connectivity index (χ4n) is 1.83. The number of nitrogens with one attached hydrogen (secondary N) is 1. The van der Waals surface area contributed by atoms with E-state index in [1.807, 2.05) is 4.57 Å². The van der Waals surface area contributed by atoms with E-state index in [2.05, 4.69) is 25.8 Å². The van der Waals surface area contributed by atoms with Crippen LogP contribution in [0, 0.1) is 16.0 Å². The molecule has 0 bridgehead atoms. The van der Waals surface area contributed by atoms with Crippen LogP contribution in [0.5, 0.6) is 0 Å². The highest BCUT2D eigenvalue weighted by molar-refractivity contribution is 7.71. The van der Waals surface area contributed by atoms with Crippen LogP contribution in [0.4, 0.5) is 4.39 Å². The van der Waals surface area contributed by atoms with Gasteiger partial charge in [0.25, 0.3) is 0 Å². The molecule has 0 spiro atoms. The summed E-state index contributed by atoms with van der Waals surface area (Å²) < 4.78 is 15.8. The number of aromatic amines is 1. The van der Waals surface area contributed by atoms with Gasteiger partial charge < -0.3 is 9.55 Å². The largest absolute Gasteiger partial charge is 0.330 e. The zero-order valence-corrected chi connectivity index (χ0v) is 11.2. The molecule has 0 aliphatic heterocycles. The molecule has 4 heteroatoms. The number of nitrogens with zero attached hydrogens (tertiary/aromatic N) is 1. The predicted molar refractivity (Wildman–Crippen MR) is 71.2 cm³/mol. The monoisotopic (exact) mass is 252 g/mol. The van der Waals surface area contributed by atoms with E-state index < -0.39 is 0 Å². The Morgan fingerprint density at radius 2 is 2.12 bits per heavy atom. The summed E-state index contributed by atoms with van der Waals surface area (Å²) in [4.78, 5) is 3.05. The molecule has 0 atom stereocenters. The van der Waals surface area contributed by atoms with Crippen LogP contribution in [0.3, 0.4) is 0 Å². The van der Waals surface area contributed by atoms with Gasteiger partial charge in [-0.15, -0.1) is 0 Å². The highest BCUT2D eigenvalue weighted by Gasteiger charge is 2.18. The Morgan fingerprint density at radius 3 is 2.76 bits per heavy atom. The lowest BCUT2D eigenvalue weighted by Gasteiger charge is -2.23. The first-order chi connectivity index (χ1) is 7.93. The highest BCUT2D eigenvalue weighted by Crippen LogP contribution is 2.25. The maximum atomic E-state index is 13.1. The minimum Gasteiger partial charge on any atom is -0.330 e. The Bertz CT molecular complexity index is 595. The molecule has 0 fully saturated rings. The standard InChI is InChI=1S/C13H17FN2S/c1-4-13(2,3)8-16-11-6-5-9(14)7-10(11)15-12(16)17/h5-7H,4,8H2,1-3H3,(H,15,17). The Balaban J connectivity index is 2.54. The molecule has 1 aromatic carbocycles. The average molecular weight is 252 g/mol. The molecule has 2 rings (SSSR count). The molecule has 2 nitrogen and oxygen atoms in total. The van der Waals surface area contributed by atoms with E-state index in [4.69, 9.17) is 12.2 Å². The number of aromatic nitrogens is 2. The maximum absolute atomic E-state index is 13.1. The van der Waals surface area contributed by atoms with Crippen LogP contribution in [-0.2, 0) is 6.54 Å². The molecule has 0 saturated heterocycles. The van der Waals surface area contributed by atoms with E-state index in [9.17, 15) is 4.39 Å². The van der Waals surface area contributed by atoms with Crippen molar-refractivity contribution >= 4 is 23.3 Å². The summed E-state index contributed by atoms with van der Waals surface area (Å²) in [6, 6.07) is 4.74. The van der Waals surface area contributed by atoms with E-state index in [-0.39, 0.29) is 11.2 Å². The number of fused-ring (bicyclic) bond motifs is 1. The Hall–Kier alpha value is -1.16. The van der Waals surface area contributed by atoms with Crippen molar-refractivity contribution in [2.24, 2.45) is 5.41 Å². The summed E-state index contributed by atoms with van der Waals surface area (Å²) in [5.74, 6) is -0.240. The van der Waals surface area contributed by atoms with E-state index in [0.29, 0.717) is 4.77 Å². The molecule has 0 amide bonds. The third-order valence-electron chi connectivity index (χ3n) is 3.28. The Morgan fingerprint density at radius 1 is 1.41 bits per heavy atom. The first-order valence-corrected chi connectivity index (χ1v) is 6.22. The molecule has 1 N–H and O–H groups in total. The van der Waals surface area contributed by atoms with E-state index >= 15 is 0 Å². The van der Waals surface area contributed by atoms with Crippen molar-refractivity contribution in [3.8, 4) is 0 Å². The van der Waals surface area contributed by atoms with E-state index in [1.54, 1.807) is 6.07 Å². The smallest absolute Gasteiger partial charge is 0.178 e. The van der Waals surface area contributed by atoms with Crippen molar-refractivity contribution in [2.45, 2.75) is 33.7 Å². The lowest BCUT2D eigenvalue weighted by molar-refractivity contribution is 0.297. The molecule has 2 aromatic rings. The molecular formula is C13H17FN2S. The number of H-pyrrole nitrogens is 1. The highest BCUT2D eigenvalue weighted by atomic mass is 32.1. The molecule has 0 unspecified atom stereocenters. The summed E-state index contributed by atoms with van der Waals surface area (Å²) in [6.07, 6.45) is 1.07. The van der Waals surface area contributed by atoms with Crippen molar-refractivity contribution in [1.29, 1.82) is 0 Å². The minimum absolute atomic E-state index is 0.182. The van der Waals surface area contributed by atoms with Crippen LogP contribution in [0.1, 0.15) is 27.2 Å². The van der Waals surface area contributed by atoms with Gasteiger partial charge in [-0.05, 0) is 42.3 Å². The Labute approximate surface area is 105 Å². The number of hydrogen-bond donors (Lipinski definition) is 1. The van der Waals surface area contributed by atoms with Crippen molar-refractivity contribution in [2.75, 3.05) is 0 Å². The van der Waals surface area contributed by atoms with Crippen molar-refractivity contribution in [3.63, 3.8) is 0 Å². The zero-order valence-electron chi connectivity index (χ0n) is 10.4. The second-order valence-corrected chi connectivity index (χ2v) is 5.58. The lowest BCUT2D eigenvalue weighted by Crippen LogP contribution is -2.18. The number of hydrogen-bond acceptors (Lipinski definition) is 1. The first-order valence-electron chi connectivity index (χ1n) is 5.81. The molecule has 0 radical (unpaired) electrons. The fourth-order valence-corrected chi connectivity index (χ4v) is 2.11. The first kappa shape index (κ1) is 12.3. The molecular weight excluding hydrogens is 235 g/mol. The van der Waals surface area contributed by atoms with Crippen molar-refractivity contribution in [3.05, 3.63) is 28.8 Å². The number of imidazole rings is 1. The van der Waals surface area contributed by atoms with Crippen LogP contribution in [-0.4, -0.2) is 9.55 Å². The second-order valence-electron chi connectivity index (χ2n) is 5.20. The lowest BCUT2D eigenvalue weighted by atomic mass is 9.90. The topological polar surface area (TPSA) is 20.7 Å². The summed E-state index contributed by atoms with van der Waals surface area (Å²) >= 11 is 5.30. The number of rotatable bonds is 3. The maximum Gasteiger partial charge on any atom is 0.178 e. The van der Waals surface area contributed by atoms with E-state index in [0.717, 1.165) is 24.0 Å². The van der Waals surface area contributed by atoms with Gasteiger partial charge in [-0.1, -0.05) is 20.8 Å². The van der Waals surface area contributed by atoms with Gasteiger partial charge in [-0.3, -0.25) is 0 Å². The molecule has 1 heterocycles. The van der Waals surface area contributed by atoms with Gasteiger partial charge in [0.1, 0.15) is 5.82 Å². The summed E-state index contributed by atoms with van der Waals surface area (Å²) in [5, 5.41) is 0. The number of halogens is 1. The van der Waals surface area contributed by atoms with Crippen LogP contribution in [0.2, 0.25) is 0 Å². The van der Waals surface area contributed by atoms with Gasteiger partial charge in [0.2, 0.25) is 0 Å². The molecule has 0 aliphatic rings. The number of benzene rings is 1. The molecule has 1 aromatic heterocycles. The van der Waals surface area contributed by atoms with Gasteiger partial charge >= 0.3 is 0 Å². The van der Waals surface area contributed by atoms with Gasteiger partial charge in [0, 0.05) is 6.54 Å². The summed E-state index contributed by atoms with van der Waals surface area (Å²) in [7, 11) is 0. The zero-order chi connectivity index (χ0) is 12.6. The van der Waals surface area contributed by atoms with Crippen LogP contribution < -0.4 is 0 Å². The van der Waals surface area contributed by atoms with Gasteiger partial charge in [0.05, 0.1) is 11.0 Å². The molecule has 0 aliphatic carbocycles. The van der Waals surface area contributed by atoms with Crippen LogP contribution in [0.15, 0.2) is 18.2 Å². The summed E-state index contributed by atoms with van der Waals surface area (Å²) in [5.41, 5.74) is 1.92. The van der Waals surface area contributed by atoms with Crippen molar-refractivity contribution < 1.29 is 4.39 Å². The molecule has 0 saturated carbocycles. The van der Waals surface area contributed by atoms with Gasteiger partial charge in [-0.2, -0.15) is 0 Å². The second kappa shape index (κ2) is 4.26. The minimum atomic E-state index is -0.240. The molecule has 17 heavy (non-hydrogen) atoms. The predicted octanol–water partition coefficient (Wildman–Crippen LogP) is 4.27. The van der Waals surface area contributed by atoms with Crippen molar-refractivity contribution in [1.82, 2.24) is 9.55 Å². The fraction of sp³-hybridized carbons (Fsp3) is 0.462. The molecule has 92 valence electrons. The van der Waals surface area contributed by atoms with Gasteiger partial charge in [-0.25, -0.2) is 4.39 Å². The quantitative estimate of drug-likeness (QED) is 0.809. The average Bonchev–Trinajstić information content (AvgIpc) is 2.54. The van der Waals surface area contributed by atoms with E-state index in [1.165, 1.54) is 12.1 Å². The normalized spacial score (nSPS) is 12.2. The Kier molecular flexibility index (Phi) is 3.08. The van der Waals surface area contributed by atoms with Crippen LogP contribution >= 0.6 is 12.2 Å².